The van der Waals surface area contributed by atoms with Gasteiger partial charge in [0, 0.05) is 16.2 Å². The number of ether oxygens (including phenoxy) is 3. The van der Waals surface area contributed by atoms with E-state index in [9.17, 15) is 14.5 Å². The zero-order valence-electron chi connectivity index (χ0n) is 21.9. The Balaban J connectivity index is 1.61. The highest BCUT2D eigenvalue weighted by molar-refractivity contribution is 7.99. The normalized spacial score (nSPS) is 11.7. The highest BCUT2D eigenvalue weighted by Gasteiger charge is 2.25. The molecule has 0 N–H and O–H groups in total. The zero-order valence-corrected chi connectivity index (χ0v) is 22.7. The van der Waals surface area contributed by atoms with Crippen LogP contribution in [0.3, 0.4) is 0 Å². The van der Waals surface area contributed by atoms with Crippen molar-refractivity contribution >= 4 is 11.8 Å². The van der Waals surface area contributed by atoms with Crippen LogP contribution < -0.4 is 14.2 Å². The van der Waals surface area contributed by atoms with Gasteiger partial charge in [-0.3, -0.25) is 14.7 Å². The fourth-order valence-corrected chi connectivity index (χ4v) is 5.10. The van der Waals surface area contributed by atoms with Crippen molar-refractivity contribution in [3.05, 3.63) is 99.6 Å². The van der Waals surface area contributed by atoms with Crippen LogP contribution in [0.15, 0.2) is 71.9 Å². The lowest BCUT2D eigenvalue weighted by Crippen LogP contribution is -2.12. The first-order valence-corrected chi connectivity index (χ1v) is 13.3. The Morgan fingerprint density at radius 3 is 2.41 bits per heavy atom. The standard InChI is InChI=1S/C28H29FN4O5S/c1-4-36-23-13-11-22(12-14-23)33-19(3)30-31-28(33)39-27(17-32(34)35)20-10-15-25(26(16-20)37-5-2)38-18-21-8-6-7-9-24(21)29/h6-16,27H,4-5,17-18H2,1-3H3/t27-/m0/s1. The van der Waals surface area contributed by atoms with E-state index in [4.69, 9.17) is 14.2 Å². The SMILES string of the molecule is CCOc1ccc(-n2c(C)nnc2S[C@@H](C[N+](=O)[O-])c2ccc(OCc3ccccc3F)c(OCC)c2)cc1. The highest BCUT2D eigenvalue weighted by atomic mass is 32.2. The first-order valence-electron chi connectivity index (χ1n) is 12.5. The van der Waals surface area contributed by atoms with Crippen LogP contribution in [0, 0.1) is 22.9 Å². The van der Waals surface area contributed by atoms with Gasteiger partial charge in [0.2, 0.25) is 6.54 Å². The van der Waals surface area contributed by atoms with Gasteiger partial charge in [-0.2, -0.15) is 0 Å². The number of aryl methyl sites for hydroxylation is 1. The largest absolute Gasteiger partial charge is 0.494 e. The van der Waals surface area contributed by atoms with Crippen molar-refractivity contribution in [1.29, 1.82) is 0 Å². The third-order valence-corrected chi connectivity index (χ3v) is 6.92. The minimum atomic E-state index is -0.593. The summed E-state index contributed by atoms with van der Waals surface area (Å²) in [6.45, 7) is 6.16. The van der Waals surface area contributed by atoms with Crippen molar-refractivity contribution in [1.82, 2.24) is 14.8 Å². The molecule has 0 aliphatic rings. The van der Waals surface area contributed by atoms with E-state index in [2.05, 4.69) is 10.2 Å². The summed E-state index contributed by atoms with van der Waals surface area (Å²) in [5.41, 5.74) is 1.89. The van der Waals surface area contributed by atoms with Crippen LogP contribution >= 0.6 is 11.8 Å². The second kappa shape index (κ2) is 13.1. The van der Waals surface area contributed by atoms with Crippen molar-refractivity contribution in [3.63, 3.8) is 0 Å². The summed E-state index contributed by atoms with van der Waals surface area (Å²) in [7, 11) is 0. The Hall–Kier alpha value is -4.12. The molecule has 0 spiro atoms. The Labute approximate surface area is 230 Å². The molecule has 0 saturated heterocycles. The van der Waals surface area contributed by atoms with Crippen LogP contribution in [0.4, 0.5) is 4.39 Å². The van der Waals surface area contributed by atoms with Gasteiger partial charge >= 0.3 is 0 Å². The van der Waals surface area contributed by atoms with Crippen molar-refractivity contribution < 1.29 is 23.5 Å². The van der Waals surface area contributed by atoms with Crippen molar-refractivity contribution in [2.24, 2.45) is 0 Å². The highest BCUT2D eigenvalue weighted by Crippen LogP contribution is 2.40. The Kier molecular flexibility index (Phi) is 9.37. The summed E-state index contributed by atoms with van der Waals surface area (Å²) < 4.78 is 33.1. The first kappa shape index (κ1) is 27.9. The predicted octanol–water partition coefficient (Wildman–Crippen LogP) is 6.20. The molecule has 9 nitrogen and oxygen atoms in total. The van der Waals surface area contributed by atoms with Crippen molar-refractivity contribution in [2.45, 2.75) is 37.8 Å². The predicted molar refractivity (Wildman–Crippen MR) is 146 cm³/mol. The van der Waals surface area contributed by atoms with E-state index >= 15 is 0 Å². The Morgan fingerprint density at radius 2 is 1.72 bits per heavy atom. The quantitative estimate of drug-likeness (QED) is 0.110. The molecule has 11 heteroatoms. The van der Waals surface area contributed by atoms with Crippen LogP contribution in [-0.2, 0) is 6.61 Å². The van der Waals surface area contributed by atoms with Gasteiger partial charge in [0.15, 0.2) is 16.7 Å². The van der Waals surface area contributed by atoms with E-state index < -0.39 is 5.25 Å². The second-order valence-corrected chi connectivity index (χ2v) is 9.60. The van der Waals surface area contributed by atoms with Gasteiger partial charge in [-0.25, -0.2) is 4.39 Å². The number of hydrogen-bond donors (Lipinski definition) is 0. The molecular formula is C28H29FN4O5S. The lowest BCUT2D eigenvalue weighted by Gasteiger charge is -2.17. The number of thioether (sulfide) groups is 1. The molecule has 0 fully saturated rings. The molecule has 4 aromatic rings. The Bertz CT molecular complexity index is 1410. The molecule has 3 aromatic carbocycles. The number of halogens is 1. The van der Waals surface area contributed by atoms with Gasteiger partial charge in [0.1, 0.15) is 29.2 Å². The molecule has 0 bridgehead atoms. The zero-order chi connectivity index (χ0) is 27.8. The minimum absolute atomic E-state index is 0.0175. The number of aromatic nitrogens is 3. The monoisotopic (exact) mass is 552 g/mol. The number of hydrogen-bond acceptors (Lipinski definition) is 8. The van der Waals surface area contributed by atoms with Gasteiger partial charge in [0.05, 0.1) is 13.2 Å². The summed E-state index contributed by atoms with van der Waals surface area (Å²) in [6, 6.07) is 19.0. The van der Waals surface area contributed by atoms with E-state index in [1.54, 1.807) is 36.4 Å². The molecule has 0 aliphatic carbocycles. The lowest BCUT2D eigenvalue weighted by molar-refractivity contribution is -0.479. The first-order chi connectivity index (χ1) is 18.9. The van der Waals surface area contributed by atoms with E-state index in [1.165, 1.54) is 17.8 Å². The molecule has 204 valence electrons. The molecule has 0 aliphatic heterocycles. The smallest absolute Gasteiger partial charge is 0.220 e. The van der Waals surface area contributed by atoms with Crippen LogP contribution in [0.1, 0.15) is 36.0 Å². The number of rotatable bonds is 13. The number of nitrogens with zero attached hydrogens (tertiary/aromatic N) is 4. The summed E-state index contributed by atoms with van der Waals surface area (Å²) in [4.78, 5) is 11.3. The van der Waals surface area contributed by atoms with Crippen molar-refractivity contribution in [2.75, 3.05) is 19.8 Å². The summed E-state index contributed by atoms with van der Waals surface area (Å²) >= 11 is 1.24. The maximum absolute atomic E-state index is 14.1. The van der Waals surface area contributed by atoms with Crippen LogP contribution in [0.25, 0.3) is 5.69 Å². The third kappa shape index (κ3) is 7.05. The van der Waals surface area contributed by atoms with Crippen LogP contribution in [0.5, 0.6) is 17.2 Å². The van der Waals surface area contributed by atoms with Gasteiger partial charge in [-0.15, -0.1) is 10.2 Å². The average molecular weight is 553 g/mol. The van der Waals surface area contributed by atoms with E-state index in [-0.39, 0.29) is 23.9 Å². The molecule has 1 heterocycles. The number of benzene rings is 3. The fraction of sp³-hybridized carbons (Fsp3) is 0.286. The minimum Gasteiger partial charge on any atom is -0.494 e. The lowest BCUT2D eigenvalue weighted by atomic mass is 10.1. The molecular weight excluding hydrogens is 523 g/mol. The van der Waals surface area contributed by atoms with E-state index in [1.807, 2.05) is 49.6 Å². The third-order valence-electron chi connectivity index (χ3n) is 5.74. The van der Waals surface area contributed by atoms with E-state index in [0.29, 0.717) is 46.8 Å². The summed E-state index contributed by atoms with van der Waals surface area (Å²) in [5, 5.41) is 20.1. The Morgan fingerprint density at radius 1 is 0.974 bits per heavy atom. The molecule has 4 rings (SSSR count). The fourth-order valence-electron chi connectivity index (χ4n) is 3.93. The van der Waals surface area contributed by atoms with Crippen LogP contribution in [0.2, 0.25) is 0 Å². The van der Waals surface area contributed by atoms with Gasteiger partial charge in [0.25, 0.3) is 0 Å². The van der Waals surface area contributed by atoms with Gasteiger partial charge < -0.3 is 14.2 Å². The summed E-state index contributed by atoms with van der Waals surface area (Å²) in [6.07, 6.45) is 0. The maximum Gasteiger partial charge on any atom is 0.220 e. The molecule has 1 aromatic heterocycles. The van der Waals surface area contributed by atoms with Gasteiger partial charge in [-0.05, 0) is 68.8 Å². The molecule has 0 radical (unpaired) electrons. The molecule has 0 saturated carbocycles. The maximum atomic E-state index is 14.1. The molecule has 1 atom stereocenters. The molecule has 0 unspecified atom stereocenters. The van der Waals surface area contributed by atoms with Crippen LogP contribution in [-0.4, -0.2) is 39.4 Å². The average Bonchev–Trinajstić information content (AvgIpc) is 3.28. The van der Waals surface area contributed by atoms with Gasteiger partial charge in [-0.1, -0.05) is 36.0 Å². The summed E-state index contributed by atoms with van der Waals surface area (Å²) in [5.74, 6) is 1.87. The molecule has 39 heavy (non-hydrogen) atoms. The molecule has 0 amide bonds. The van der Waals surface area contributed by atoms with Crippen molar-refractivity contribution in [3.8, 4) is 22.9 Å². The number of nitro groups is 1. The topological polar surface area (TPSA) is 102 Å². The second-order valence-electron chi connectivity index (χ2n) is 8.43. The van der Waals surface area contributed by atoms with E-state index in [0.717, 1.165) is 11.4 Å².